The molecule has 1 heterocycles. The van der Waals surface area contributed by atoms with Crippen molar-refractivity contribution in [2.45, 2.75) is 11.4 Å². The zero-order valence-electron chi connectivity index (χ0n) is 14.5. The molecule has 1 aromatic heterocycles. The highest BCUT2D eigenvalue weighted by atomic mass is 32.2. The first kappa shape index (κ1) is 16.6. The van der Waals surface area contributed by atoms with Gasteiger partial charge in [-0.2, -0.15) is 0 Å². The monoisotopic (exact) mass is 361 g/mol. The molecule has 0 atom stereocenters. The van der Waals surface area contributed by atoms with Crippen LogP contribution in [0.15, 0.2) is 83.8 Å². The number of fused-ring (bicyclic) bond motifs is 3. The predicted molar refractivity (Wildman–Crippen MR) is 108 cm³/mol. The molecule has 0 bridgehead atoms. The van der Waals surface area contributed by atoms with Crippen molar-refractivity contribution in [2.24, 2.45) is 0 Å². The molecule has 4 aromatic rings. The molecule has 0 N–H and O–H groups in total. The Balaban J connectivity index is 1.66. The molecule has 0 amide bonds. The Morgan fingerprint density at radius 2 is 1.35 bits per heavy atom. The first-order chi connectivity index (χ1) is 12.5. The Hall–Kier alpha value is -2.85. The second kappa shape index (κ2) is 6.46. The molecule has 0 saturated carbocycles. The highest BCUT2D eigenvalue weighted by Crippen LogP contribution is 2.28. The minimum absolute atomic E-state index is 0.344. The fourth-order valence-electron chi connectivity index (χ4n) is 3.32. The molecule has 0 radical (unpaired) electrons. The Morgan fingerprint density at radius 3 is 1.88 bits per heavy atom. The van der Waals surface area contributed by atoms with E-state index in [0.29, 0.717) is 4.90 Å². The molecule has 26 heavy (non-hydrogen) atoms. The van der Waals surface area contributed by atoms with Crippen LogP contribution in [0.4, 0.5) is 0 Å². The predicted octanol–water partition coefficient (Wildman–Crippen LogP) is 4.91. The van der Waals surface area contributed by atoms with Crippen molar-refractivity contribution >= 4 is 37.7 Å². The van der Waals surface area contributed by atoms with E-state index >= 15 is 0 Å². The van der Waals surface area contributed by atoms with Gasteiger partial charge in [0.2, 0.25) is 0 Å². The maximum Gasteiger partial charge on any atom is 0.175 e. The van der Waals surface area contributed by atoms with E-state index in [1.54, 1.807) is 12.1 Å². The van der Waals surface area contributed by atoms with E-state index in [2.05, 4.69) is 59.2 Å². The lowest BCUT2D eigenvalue weighted by Gasteiger charge is -2.04. The fraction of sp³-hybridized carbons (Fsp3) is 0.0909. The molecule has 130 valence electrons. The number of hydrogen-bond acceptors (Lipinski definition) is 2. The van der Waals surface area contributed by atoms with Gasteiger partial charge >= 0.3 is 0 Å². The molecule has 4 rings (SSSR count). The van der Waals surface area contributed by atoms with Gasteiger partial charge < -0.3 is 4.57 Å². The molecule has 3 nitrogen and oxygen atoms in total. The van der Waals surface area contributed by atoms with Crippen LogP contribution in [0.1, 0.15) is 5.56 Å². The summed E-state index contributed by atoms with van der Waals surface area (Å²) in [6, 6.07) is 23.8. The molecule has 0 fully saturated rings. The van der Waals surface area contributed by atoms with Gasteiger partial charge in [0, 0.05) is 34.6 Å². The molecule has 0 spiro atoms. The average Bonchev–Trinajstić information content (AvgIpc) is 2.96. The molecular formula is C22H19NO2S. The van der Waals surface area contributed by atoms with E-state index in [-0.39, 0.29) is 0 Å². The van der Waals surface area contributed by atoms with Crippen LogP contribution in [-0.4, -0.2) is 19.2 Å². The zero-order valence-corrected chi connectivity index (χ0v) is 15.3. The molecule has 0 unspecified atom stereocenters. The summed E-state index contributed by atoms with van der Waals surface area (Å²) in [4.78, 5) is 0.344. The van der Waals surface area contributed by atoms with Crippen molar-refractivity contribution in [3.63, 3.8) is 0 Å². The van der Waals surface area contributed by atoms with Crippen LogP contribution < -0.4 is 0 Å². The van der Waals surface area contributed by atoms with Crippen molar-refractivity contribution in [1.82, 2.24) is 4.57 Å². The second-order valence-electron chi connectivity index (χ2n) is 6.39. The van der Waals surface area contributed by atoms with Crippen molar-refractivity contribution in [3.8, 4) is 0 Å². The van der Waals surface area contributed by atoms with E-state index in [0.717, 1.165) is 12.1 Å². The number of hydrogen-bond donors (Lipinski definition) is 0. The normalized spacial score (nSPS) is 12.3. The Kier molecular flexibility index (Phi) is 4.13. The summed E-state index contributed by atoms with van der Waals surface area (Å²) in [5.41, 5.74) is 3.41. The van der Waals surface area contributed by atoms with Crippen LogP contribution >= 0.6 is 0 Å². The number of para-hydroxylation sites is 2. The van der Waals surface area contributed by atoms with Crippen molar-refractivity contribution in [1.29, 1.82) is 0 Å². The molecule has 0 aliphatic carbocycles. The van der Waals surface area contributed by atoms with Gasteiger partial charge in [-0.05, 0) is 29.8 Å². The first-order valence-electron chi connectivity index (χ1n) is 8.47. The third-order valence-corrected chi connectivity index (χ3v) is 5.71. The Labute approximate surface area is 153 Å². The smallest absolute Gasteiger partial charge is 0.175 e. The number of allylic oxidation sites excluding steroid dienone is 1. The third kappa shape index (κ3) is 3.04. The quantitative estimate of drug-likeness (QED) is 0.518. The van der Waals surface area contributed by atoms with Gasteiger partial charge in [0.15, 0.2) is 9.84 Å². The summed E-state index contributed by atoms with van der Waals surface area (Å²) in [5, 5.41) is 2.52. The first-order valence-corrected chi connectivity index (χ1v) is 10.4. The summed E-state index contributed by atoms with van der Waals surface area (Å²) < 4.78 is 25.4. The lowest BCUT2D eigenvalue weighted by atomic mass is 10.2. The van der Waals surface area contributed by atoms with E-state index < -0.39 is 9.84 Å². The van der Waals surface area contributed by atoms with Crippen LogP contribution in [0.5, 0.6) is 0 Å². The van der Waals surface area contributed by atoms with Crippen LogP contribution in [0, 0.1) is 0 Å². The molecule has 0 aliphatic heterocycles. The van der Waals surface area contributed by atoms with Crippen LogP contribution in [0.3, 0.4) is 0 Å². The minimum Gasteiger partial charge on any atom is -0.337 e. The average molecular weight is 361 g/mol. The maximum atomic E-state index is 11.5. The number of benzene rings is 3. The third-order valence-electron chi connectivity index (χ3n) is 4.59. The standard InChI is InChI=1S/C22H19NO2S/c1-26(24,25)18-14-12-17(13-15-18)7-6-16-23-21-10-4-2-8-19(21)20-9-3-5-11-22(20)23/h2-15H,16H2,1H3/b7-6-. The van der Waals surface area contributed by atoms with E-state index in [1.807, 2.05) is 18.2 Å². The van der Waals surface area contributed by atoms with Gasteiger partial charge in [0.25, 0.3) is 0 Å². The topological polar surface area (TPSA) is 39.1 Å². The van der Waals surface area contributed by atoms with Crippen LogP contribution in [-0.2, 0) is 16.4 Å². The molecule has 0 saturated heterocycles. The second-order valence-corrected chi connectivity index (χ2v) is 8.40. The summed E-state index contributed by atoms with van der Waals surface area (Å²) in [5.74, 6) is 0. The van der Waals surface area contributed by atoms with Crippen molar-refractivity contribution in [2.75, 3.05) is 6.26 Å². The van der Waals surface area contributed by atoms with Gasteiger partial charge in [-0.3, -0.25) is 0 Å². The Morgan fingerprint density at radius 1 is 0.808 bits per heavy atom. The maximum absolute atomic E-state index is 11.5. The van der Waals surface area contributed by atoms with Crippen LogP contribution in [0.25, 0.3) is 27.9 Å². The minimum atomic E-state index is -3.15. The van der Waals surface area contributed by atoms with Gasteiger partial charge in [-0.25, -0.2) is 8.42 Å². The van der Waals surface area contributed by atoms with Crippen molar-refractivity contribution < 1.29 is 8.42 Å². The number of aromatic nitrogens is 1. The lowest BCUT2D eigenvalue weighted by Crippen LogP contribution is -1.96. The molecular weight excluding hydrogens is 342 g/mol. The molecule has 4 heteroatoms. The van der Waals surface area contributed by atoms with Gasteiger partial charge in [0.1, 0.15) is 0 Å². The summed E-state index contributed by atoms with van der Waals surface area (Å²) in [7, 11) is -3.15. The van der Waals surface area contributed by atoms with Gasteiger partial charge in [-0.15, -0.1) is 0 Å². The summed E-state index contributed by atoms with van der Waals surface area (Å²) >= 11 is 0. The Bertz CT molecular complexity index is 1160. The largest absolute Gasteiger partial charge is 0.337 e. The molecule has 3 aromatic carbocycles. The van der Waals surface area contributed by atoms with Crippen molar-refractivity contribution in [3.05, 3.63) is 84.4 Å². The zero-order chi connectivity index (χ0) is 18.1. The van der Waals surface area contributed by atoms with Gasteiger partial charge in [0.05, 0.1) is 4.90 Å². The SMILES string of the molecule is CS(=O)(=O)c1ccc(/C=C\Cn2c3ccccc3c3ccccc32)cc1. The lowest BCUT2D eigenvalue weighted by molar-refractivity contribution is 0.602. The number of sulfone groups is 1. The van der Waals surface area contributed by atoms with E-state index in [4.69, 9.17) is 0 Å². The summed E-state index contributed by atoms with van der Waals surface area (Å²) in [6.07, 6.45) is 5.35. The fourth-order valence-corrected chi connectivity index (χ4v) is 3.95. The van der Waals surface area contributed by atoms with E-state index in [1.165, 1.54) is 28.1 Å². The molecule has 0 aliphatic rings. The highest BCUT2D eigenvalue weighted by Gasteiger charge is 2.08. The summed E-state index contributed by atoms with van der Waals surface area (Å²) in [6.45, 7) is 0.752. The number of rotatable bonds is 4. The van der Waals surface area contributed by atoms with E-state index in [9.17, 15) is 8.42 Å². The highest BCUT2D eigenvalue weighted by molar-refractivity contribution is 7.90. The number of nitrogens with zero attached hydrogens (tertiary/aromatic N) is 1. The van der Waals surface area contributed by atoms with Crippen LogP contribution in [0.2, 0.25) is 0 Å². The van der Waals surface area contributed by atoms with Gasteiger partial charge in [-0.1, -0.05) is 60.7 Å².